The number of benzene rings is 1. The maximum atomic E-state index is 10.2. The number of halogens is 3. The van der Waals surface area contributed by atoms with Gasteiger partial charge < -0.3 is 5.11 Å². The molecule has 1 N–H and O–H groups in total. The Balaban J connectivity index is 2.16. The van der Waals surface area contributed by atoms with Crippen LogP contribution in [0.4, 0.5) is 0 Å². The van der Waals surface area contributed by atoms with Crippen LogP contribution in [-0.2, 0) is 6.42 Å². The van der Waals surface area contributed by atoms with Gasteiger partial charge in [0.25, 0.3) is 0 Å². The summed E-state index contributed by atoms with van der Waals surface area (Å²) in [5, 5.41) is 12.2. The van der Waals surface area contributed by atoms with E-state index < -0.39 is 6.10 Å². The second kappa shape index (κ2) is 5.97. The van der Waals surface area contributed by atoms with E-state index in [0.29, 0.717) is 6.42 Å². The Bertz CT molecular complexity index is 504. The van der Waals surface area contributed by atoms with Crippen LogP contribution < -0.4 is 0 Å². The molecule has 1 unspecified atom stereocenters. The fourth-order valence-electron chi connectivity index (χ4n) is 1.54. The minimum Gasteiger partial charge on any atom is -0.388 e. The zero-order valence-electron chi connectivity index (χ0n) is 8.66. The Hall–Kier alpha value is 0.320. The molecule has 5 heteroatoms. The van der Waals surface area contributed by atoms with E-state index in [9.17, 15) is 5.11 Å². The molecule has 90 valence electrons. The molecule has 0 aliphatic rings. The predicted octanol–water partition coefficient (Wildman–Crippen LogP) is 5.31. The van der Waals surface area contributed by atoms with E-state index in [2.05, 4.69) is 47.8 Å². The van der Waals surface area contributed by atoms with E-state index >= 15 is 0 Å². The highest BCUT2D eigenvalue weighted by atomic mass is 79.9. The molecule has 0 saturated heterocycles. The minimum atomic E-state index is -0.477. The molecule has 17 heavy (non-hydrogen) atoms. The third-order valence-corrected chi connectivity index (χ3v) is 4.92. The third-order valence-electron chi connectivity index (χ3n) is 2.29. The first-order chi connectivity index (χ1) is 8.04. The zero-order chi connectivity index (χ0) is 12.4. The molecule has 0 amide bonds. The number of hydrogen-bond donors (Lipinski definition) is 1. The lowest BCUT2D eigenvalue weighted by molar-refractivity contribution is 0.179. The molecule has 1 nitrogen and oxygen atoms in total. The second-order valence-corrected chi connectivity index (χ2v) is 7.40. The Labute approximate surface area is 129 Å². The van der Waals surface area contributed by atoms with Crippen LogP contribution in [0.3, 0.4) is 0 Å². The van der Waals surface area contributed by atoms with Gasteiger partial charge in [0.05, 0.1) is 6.10 Å². The van der Waals surface area contributed by atoms with Gasteiger partial charge in [0.1, 0.15) is 0 Å². The highest BCUT2D eigenvalue weighted by molar-refractivity contribution is 9.11. The van der Waals surface area contributed by atoms with Crippen molar-refractivity contribution in [2.45, 2.75) is 12.5 Å². The van der Waals surface area contributed by atoms with Gasteiger partial charge in [-0.25, -0.2) is 0 Å². The molecule has 1 aromatic heterocycles. The first kappa shape index (κ1) is 13.7. The number of aliphatic hydroxyl groups excluding tert-OH is 1. The van der Waals surface area contributed by atoms with Crippen LogP contribution in [0.25, 0.3) is 0 Å². The molecule has 1 atom stereocenters. The highest BCUT2D eigenvalue weighted by Crippen LogP contribution is 2.28. The fraction of sp³-hybridized carbons (Fsp3) is 0.167. The van der Waals surface area contributed by atoms with Crippen molar-refractivity contribution in [3.63, 3.8) is 0 Å². The molecule has 0 aliphatic heterocycles. The monoisotopic (exact) mass is 438 g/mol. The Morgan fingerprint density at radius 2 is 1.65 bits per heavy atom. The Kier molecular flexibility index (Phi) is 4.83. The van der Waals surface area contributed by atoms with Gasteiger partial charge in [0, 0.05) is 30.1 Å². The van der Waals surface area contributed by atoms with E-state index in [0.717, 1.165) is 19.0 Å². The Morgan fingerprint density at radius 1 is 1.00 bits per heavy atom. The van der Waals surface area contributed by atoms with Gasteiger partial charge in [-0.05, 0) is 45.8 Å². The van der Waals surface area contributed by atoms with Crippen molar-refractivity contribution in [3.8, 4) is 0 Å². The van der Waals surface area contributed by atoms with Crippen LogP contribution in [0.1, 0.15) is 16.5 Å². The SMILES string of the molecule is OC(Cc1cc(Br)cs1)c1cc(Br)cc(Br)c1. The summed E-state index contributed by atoms with van der Waals surface area (Å²) in [6, 6.07) is 7.88. The summed E-state index contributed by atoms with van der Waals surface area (Å²) in [5.41, 5.74) is 0.913. The van der Waals surface area contributed by atoms with Gasteiger partial charge in [-0.3, -0.25) is 0 Å². The topological polar surface area (TPSA) is 20.2 Å². The van der Waals surface area contributed by atoms with Crippen LogP contribution in [-0.4, -0.2) is 5.11 Å². The summed E-state index contributed by atoms with van der Waals surface area (Å²) in [5.74, 6) is 0. The first-order valence-electron chi connectivity index (χ1n) is 4.91. The van der Waals surface area contributed by atoms with Gasteiger partial charge >= 0.3 is 0 Å². The maximum Gasteiger partial charge on any atom is 0.0839 e. The van der Waals surface area contributed by atoms with Crippen molar-refractivity contribution in [1.82, 2.24) is 0 Å². The normalized spacial score (nSPS) is 12.7. The predicted molar refractivity (Wildman–Crippen MR) is 82.5 cm³/mol. The van der Waals surface area contributed by atoms with Gasteiger partial charge in [-0.2, -0.15) is 0 Å². The summed E-state index contributed by atoms with van der Waals surface area (Å²) < 4.78 is 3.00. The van der Waals surface area contributed by atoms with Gasteiger partial charge in [0.15, 0.2) is 0 Å². The average molecular weight is 441 g/mol. The lowest BCUT2D eigenvalue weighted by Crippen LogP contribution is -2.00. The summed E-state index contributed by atoms with van der Waals surface area (Å²) >= 11 is 11.9. The largest absolute Gasteiger partial charge is 0.388 e. The molecule has 1 heterocycles. The van der Waals surface area contributed by atoms with E-state index in [4.69, 9.17) is 0 Å². The number of hydrogen-bond acceptors (Lipinski definition) is 2. The third kappa shape index (κ3) is 3.89. The summed E-state index contributed by atoms with van der Waals surface area (Å²) in [4.78, 5) is 1.17. The van der Waals surface area contributed by atoms with E-state index in [1.165, 1.54) is 4.88 Å². The second-order valence-electron chi connectivity index (χ2n) is 3.65. The number of thiophene rings is 1. The molecule has 1 aromatic carbocycles. The molecule has 0 spiro atoms. The molecule has 0 bridgehead atoms. The molecule has 2 rings (SSSR count). The lowest BCUT2D eigenvalue weighted by atomic mass is 10.1. The van der Waals surface area contributed by atoms with Crippen LogP contribution in [0.2, 0.25) is 0 Å². The van der Waals surface area contributed by atoms with E-state index in [1.54, 1.807) is 11.3 Å². The van der Waals surface area contributed by atoms with Crippen molar-refractivity contribution < 1.29 is 5.11 Å². The van der Waals surface area contributed by atoms with Crippen LogP contribution in [0.5, 0.6) is 0 Å². The highest BCUT2D eigenvalue weighted by Gasteiger charge is 2.11. The van der Waals surface area contributed by atoms with Crippen LogP contribution in [0.15, 0.2) is 43.1 Å². The van der Waals surface area contributed by atoms with Crippen molar-refractivity contribution in [1.29, 1.82) is 0 Å². The minimum absolute atomic E-state index is 0.477. The molecular weight excluding hydrogens is 432 g/mol. The van der Waals surface area contributed by atoms with Crippen LogP contribution in [0, 0.1) is 0 Å². The van der Waals surface area contributed by atoms with Gasteiger partial charge in [-0.15, -0.1) is 11.3 Å². The van der Waals surface area contributed by atoms with Crippen molar-refractivity contribution in [2.24, 2.45) is 0 Å². The Morgan fingerprint density at radius 3 is 2.18 bits per heavy atom. The molecular formula is C12H9Br3OS. The van der Waals surface area contributed by atoms with Crippen molar-refractivity contribution in [2.75, 3.05) is 0 Å². The van der Waals surface area contributed by atoms with Crippen molar-refractivity contribution >= 4 is 59.1 Å². The van der Waals surface area contributed by atoms with E-state index in [1.807, 2.05) is 29.6 Å². The molecule has 2 aromatic rings. The van der Waals surface area contributed by atoms with Gasteiger partial charge in [0.2, 0.25) is 0 Å². The summed E-state index contributed by atoms with van der Waals surface area (Å²) in [7, 11) is 0. The molecule has 0 fully saturated rings. The van der Waals surface area contributed by atoms with Crippen LogP contribution >= 0.6 is 59.1 Å². The fourth-order valence-corrected chi connectivity index (χ4v) is 4.36. The zero-order valence-corrected chi connectivity index (χ0v) is 14.2. The smallest absolute Gasteiger partial charge is 0.0839 e. The number of rotatable bonds is 3. The lowest BCUT2D eigenvalue weighted by Gasteiger charge is -2.10. The number of aliphatic hydroxyl groups is 1. The summed E-state index contributed by atoms with van der Waals surface area (Å²) in [6.07, 6.45) is 0.161. The first-order valence-corrected chi connectivity index (χ1v) is 8.17. The quantitative estimate of drug-likeness (QED) is 0.685. The van der Waals surface area contributed by atoms with E-state index in [-0.39, 0.29) is 0 Å². The molecule has 0 saturated carbocycles. The standard InChI is InChI=1S/C12H9Br3OS/c13-8-1-7(2-9(14)3-8)12(16)5-11-4-10(15)6-17-11/h1-4,6,12,16H,5H2. The summed E-state index contributed by atoms with van der Waals surface area (Å²) in [6.45, 7) is 0. The van der Waals surface area contributed by atoms with Crippen molar-refractivity contribution in [3.05, 3.63) is 53.5 Å². The average Bonchev–Trinajstić information content (AvgIpc) is 2.62. The van der Waals surface area contributed by atoms with Gasteiger partial charge in [-0.1, -0.05) is 31.9 Å². The molecule has 0 radical (unpaired) electrons. The maximum absolute atomic E-state index is 10.2. The molecule has 0 aliphatic carbocycles.